The molecule has 1 heterocycles. The summed E-state index contributed by atoms with van der Waals surface area (Å²) in [6.07, 6.45) is 7.78. The fourth-order valence-electron chi connectivity index (χ4n) is 2.39. The van der Waals surface area contributed by atoms with E-state index < -0.39 is 0 Å². The van der Waals surface area contributed by atoms with Crippen LogP contribution in [0.2, 0.25) is 0 Å². The monoisotopic (exact) mass is 230 g/mol. The normalized spacial score (nSPS) is 23.2. The summed E-state index contributed by atoms with van der Waals surface area (Å²) in [7, 11) is 2.07. The molecular formula is C12H26N2S. The predicted molar refractivity (Wildman–Crippen MR) is 70.7 cm³/mol. The second-order valence-corrected chi connectivity index (χ2v) is 5.55. The highest BCUT2D eigenvalue weighted by atomic mass is 32.2. The van der Waals surface area contributed by atoms with Crippen molar-refractivity contribution in [2.75, 3.05) is 45.2 Å². The molecule has 0 aromatic heterocycles. The van der Waals surface area contributed by atoms with Crippen molar-refractivity contribution < 1.29 is 0 Å². The number of unbranched alkanes of at least 4 members (excludes halogenated alkanes) is 1. The first-order chi connectivity index (χ1) is 7.36. The molecule has 1 N–H and O–H groups in total. The van der Waals surface area contributed by atoms with Gasteiger partial charge in [0.1, 0.15) is 0 Å². The molecule has 90 valence electrons. The Bertz CT molecular complexity index is 151. The summed E-state index contributed by atoms with van der Waals surface area (Å²) in [5, 5.41) is 3.30. The van der Waals surface area contributed by atoms with Crippen molar-refractivity contribution in [1.82, 2.24) is 10.2 Å². The zero-order valence-corrected chi connectivity index (χ0v) is 11.1. The van der Waals surface area contributed by atoms with Gasteiger partial charge in [-0.25, -0.2) is 0 Å². The van der Waals surface area contributed by atoms with E-state index in [9.17, 15) is 0 Å². The Morgan fingerprint density at radius 2 is 2.27 bits per heavy atom. The molecule has 2 nitrogen and oxygen atoms in total. The highest BCUT2D eigenvalue weighted by Gasteiger charge is 2.18. The van der Waals surface area contributed by atoms with Crippen LogP contribution >= 0.6 is 11.8 Å². The number of piperidine rings is 1. The van der Waals surface area contributed by atoms with E-state index in [1.54, 1.807) is 0 Å². The Balaban J connectivity index is 2.07. The van der Waals surface area contributed by atoms with Gasteiger partial charge in [0.05, 0.1) is 0 Å². The molecule has 0 aromatic rings. The van der Waals surface area contributed by atoms with Crippen LogP contribution in [0.5, 0.6) is 0 Å². The van der Waals surface area contributed by atoms with Crippen molar-refractivity contribution in [3.63, 3.8) is 0 Å². The predicted octanol–water partition coefficient (Wildman–Crippen LogP) is 2.06. The minimum atomic E-state index is 0.893. The fraction of sp³-hybridized carbons (Fsp3) is 1.00. The number of hydrogen-bond acceptors (Lipinski definition) is 3. The van der Waals surface area contributed by atoms with E-state index in [0.29, 0.717) is 0 Å². The van der Waals surface area contributed by atoms with E-state index in [1.165, 1.54) is 57.6 Å². The third-order valence-corrected chi connectivity index (χ3v) is 3.87. The largest absolute Gasteiger partial charge is 0.319 e. The smallest absolute Gasteiger partial charge is 0.00218 e. The number of hydrogen-bond donors (Lipinski definition) is 1. The molecule has 3 heteroatoms. The summed E-state index contributed by atoms with van der Waals surface area (Å²) in [4.78, 5) is 2.66. The van der Waals surface area contributed by atoms with E-state index in [1.807, 2.05) is 11.8 Å². The molecule has 1 atom stereocenters. The van der Waals surface area contributed by atoms with Gasteiger partial charge in [0.2, 0.25) is 0 Å². The summed E-state index contributed by atoms with van der Waals surface area (Å²) in [5.74, 6) is 2.22. The number of rotatable bonds is 7. The third kappa shape index (κ3) is 5.79. The lowest BCUT2D eigenvalue weighted by Gasteiger charge is -2.32. The molecule has 1 rings (SSSR count). The Morgan fingerprint density at radius 3 is 3.00 bits per heavy atom. The maximum Gasteiger partial charge on any atom is 0.00218 e. The van der Waals surface area contributed by atoms with Gasteiger partial charge in [-0.05, 0) is 70.3 Å². The minimum absolute atomic E-state index is 0.893. The fourth-order valence-corrected chi connectivity index (χ4v) is 2.88. The van der Waals surface area contributed by atoms with Crippen molar-refractivity contribution in [3.8, 4) is 0 Å². The topological polar surface area (TPSA) is 15.3 Å². The summed E-state index contributed by atoms with van der Waals surface area (Å²) < 4.78 is 0. The Hall–Kier alpha value is 0.270. The molecule has 0 saturated carbocycles. The van der Waals surface area contributed by atoms with E-state index >= 15 is 0 Å². The second-order valence-electron chi connectivity index (χ2n) is 4.57. The quantitative estimate of drug-likeness (QED) is 0.674. The molecule has 0 bridgehead atoms. The third-order valence-electron chi connectivity index (χ3n) is 3.17. The molecule has 0 aliphatic carbocycles. The van der Waals surface area contributed by atoms with Gasteiger partial charge in [0.25, 0.3) is 0 Å². The van der Waals surface area contributed by atoms with Crippen LogP contribution in [0, 0.1) is 5.92 Å². The van der Waals surface area contributed by atoms with E-state index in [2.05, 4.69) is 23.5 Å². The Kier molecular flexibility index (Phi) is 7.49. The Morgan fingerprint density at radius 1 is 1.40 bits per heavy atom. The summed E-state index contributed by atoms with van der Waals surface area (Å²) in [6, 6.07) is 0. The molecule has 1 unspecified atom stereocenters. The molecule has 1 aliphatic rings. The van der Waals surface area contributed by atoms with Crippen molar-refractivity contribution in [1.29, 1.82) is 0 Å². The van der Waals surface area contributed by atoms with Crippen LogP contribution in [0.25, 0.3) is 0 Å². The van der Waals surface area contributed by atoms with Crippen LogP contribution in [0.4, 0.5) is 0 Å². The van der Waals surface area contributed by atoms with E-state index in [4.69, 9.17) is 0 Å². The average Bonchev–Trinajstić information content (AvgIpc) is 2.26. The minimum Gasteiger partial charge on any atom is -0.319 e. The van der Waals surface area contributed by atoms with Gasteiger partial charge in [-0.1, -0.05) is 0 Å². The first kappa shape index (κ1) is 13.3. The van der Waals surface area contributed by atoms with Gasteiger partial charge in [-0.3, -0.25) is 0 Å². The first-order valence-electron chi connectivity index (χ1n) is 6.22. The molecule has 0 spiro atoms. The van der Waals surface area contributed by atoms with Gasteiger partial charge in [-0.15, -0.1) is 0 Å². The molecule has 1 saturated heterocycles. The molecule has 0 aromatic carbocycles. The number of nitrogens with one attached hydrogen (secondary N) is 1. The van der Waals surface area contributed by atoms with Crippen LogP contribution in [-0.4, -0.2) is 50.1 Å². The number of likely N-dealkylation sites (tertiary alicyclic amines) is 1. The lowest BCUT2D eigenvalue weighted by atomic mass is 9.98. The van der Waals surface area contributed by atoms with Crippen molar-refractivity contribution in [2.45, 2.75) is 25.7 Å². The first-order valence-corrected chi connectivity index (χ1v) is 7.62. The Labute approximate surface area is 99.2 Å². The lowest BCUT2D eigenvalue weighted by Crippen LogP contribution is -2.39. The van der Waals surface area contributed by atoms with Crippen molar-refractivity contribution in [3.05, 3.63) is 0 Å². The zero-order chi connectivity index (χ0) is 10.9. The van der Waals surface area contributed by atoms with Crippen LogP contribution in [0.1, 0.15) is 25.7 Å². The van der Waals surface area contributed by atoms with Crippen molar-refractivity contribution in [2.24, 2.45) is 5.92 Å². The summed E-state index contributed by atoms with van der Waals surface area (Å²) in [5.41, 5.74) is 0. The van der Waals surface area contributed by atoms with Gasteiger partial charge >= 0.3 is 0 Å². The van der Waals surface area contributed by atoms with Crippen molar-refractivity contribution >= 4 is 11.8 Å². The summed E-state index contributed by atoms with van der Waals surface area (Å²) >= 11 is 1.97. The number of nitrogens with zero attached hydrogens (tertiary/aromatic N) is 1. The number of thioether (sulfide) groups is 1. The van der Waals surface area contributed by atoms with Crippen LogP contribution in [0.15, 0.2) is 0 Å². The van der Waals surface area contributed by atoms with Crippen LogP contribution in [0.3, 0.4) is 0 Å². The SMILES string of the molecule is CNCC1CCCN(CCCCSC)C1. The lowest BCUT2D eigenvalue weighted by molar-refractivity contribution is 0.172. The molecule has 0 amide bonds. The molecule has 15 heavy (non-hydrogen) atoms. The van der Waals surface area contributed by atoms with Gasteiger partial charge < -0.3 is 10.2 Å². The van der Waals surface area contributed by atoms with Gasteiger partial charge in [-0.2, -0.15) is 11.8 Å². The molecule has 1 fully saturated rings. The maximum atomic E-state index is 3.30. The zero-order valence-electron chi connectivity index (χ0n) is 10.3. The molecular weight excluding hydrogens is 204 g/mol. The highest BCUT2D eigenvalue weighted by Crippen LogP contribution is 2.16. The second kappa shape index (κ2) is 8.43. The standard InChI is InChI=1S/C12H26N2S/c1-13-10-12-6-5-8-14(11-12)7-3-4-9-15-2/h12-13H,3-11H2,1-2H3. The average molecular weight is 230 g/mol. The summed E-state index contributed by atoms with van der Waals surface area (Å²) in [6.45, 7) is 5.17. The maximum absolute atomic E-state index is 3.30. The van der Waals surface area contributed by atoms with Gasteiger partial charge in [0, 0.05) is 6.54 Å². The van der Waals surface area contributed by atoms with E-state index in [0.717, 1.165) is 5.92 Å². The van der Waals surface area contributed by atoms with E-state index in [-0.39, 0.29) is 0 Å². The highest BCUT2D eigenvalue weighted by molar-refractivity contribution is 7.98. The molecule has 1 aliphatic heterocycles. The van der Waals surface area contributed by atoms with Crippen LogP contribution < -0.4 is 5.32 Å². The van der Waals surface area contributed by atoms with Crippen LogP contribution in [-0.2, 0) is 0 Å². The molecule has 0 radical (unpaired) electrons. The van der Waals surface area contributed by atoms with Gasteiger partial charge in [0.15, 0.2) is 0 Å².